The molecule has 0 unspecified atom stereocenters. The van der Waals surface area contributed by atoms with Crippen LogP contribution in [0.25, 0.3) is 0 Å². The average molecular weight is 318 g/mol. The van der Waals surface area contributed by atoms with Crippen LogP contribution in [0.3, 0.4) is 0 Å². The van der Waals surface area contributed by atoms with Gasteiger partial charge in [-0.25, -0.2) is 0 Å². The van der Waals surface area contributed by atoms with Crippen molar-refractivity contribution in [2.24, 2.45) is 10.9 Å². The molecular formula is C12H16ClN3O3S. The highest BCUT2D eigenvalue weighted by Crippen LogP contribution is 2.35. The number of rotatable bonds is 3. The summed E-state index contributed by atoms with van der Waals surface area (Å²) in [6, 6.07) is 1.56. The standard InChI is InChI=1S/C12H16ClN3O3S/c1-20-12(11(14)15-18)3-5-16(6-4-12)10(17)8-2-7-19-9(8)13/h2,7,18H,3-6H2,1H3,(H2,14,15). The summed E-state index contributed by atoms with van der Waals surface area (Å²) in [5.74, 6) is 0.0522. The first-order valence-electron chi connectivity index (χ1n) is 6.09. The number of piperidine rings is 1. The number of nitrogens with two attached hydrogens (primary N) is 1. The lowest BCUT2D eigenvalue weighted by Gasteiger charge is -2.39. The van der Waals surface area contributed by atoms with Gasteiger partial charge in [-0.2, -0.15) is 11.8 Å². The molecule has 0 radical (unpaired) electrons. The Labute approximate surface area is 125 Å². The highest BCUT2D eigenvalue weighted by atomic mass is 35.5. The van der Waals surface area contributed by atoms with E-state index in [4.69, 9.17) is 27.0 Å². The van der Waals surface area contributed by atoms with Crippen molar-refractivity contribution in [2.75, 3.05) is 19.3 Å². The van der Waals surface area contributed by atoms with Crippen molar-refractivity contribution < 1.29 is 14.4 Å². The lowest BCUT2D eigenvalue weighted by atomic mass is 9.94. The topological polar surface area (TPSA) is 92.1 Å². The molecule has 1 saturated heterocycles. The molecule has 3 N–H and O–H groups in total. The molecule has 1 aliphatic rings. The third-order valence-electron chi connectivity index (χ3n) is 3.67. The van der Waals surface area contributed by atoms with Crippen molar-refractivity contribution in [1.82, 2.24) is 4.90 Å². The molecule has 1 amide bonds. The summed E-state index contributed by atoms with van der Waals surface area (Å²) >= 11 is 7.36. The summed E-state index contributed by atoms with van der Waals surface area (Å²) in [6.45, 7) is 1.05. The maximum atomic E-state index is 12.3. The van der Waals surface area contributed by atoms with Gasteiger partial charge in [0.2, 0.25) is 5.22 Å². The summed E-state index contributed by atoms with van der Waals surface area (Å²) in [5.41, 5.74) is 6.14. The Balaban J connectivity index is 2.08. The van der Waals surface area contributed by atoms with E-state index in [0.717, 1.165) is 0 Å². The van der Waals surface area contributed by atoms with E-state index in [0.29, 0.717) is 31.5 Å². The fourth-order valence-corrected chi connectivity index (χ4v) is 3.38. The molecule has 1 aromatic heterocycles. The van der Waals surface area contributed by atoms with Gasteiger partial charge < -0.3 is 20.3 Å². The molecule has 2 rings (SSSR count). The second kappa shape index (κ2) is 5.97. The molecule has 6 nitrogen and oxygen atoms in total. The monoisotopic (exact) mass is 317 g/mol. The first-order valence-corrected chi connectivity index (χ1v) is 7.70. The maximum absolute atomic E-state index is 12.3. The Bertz CT molecular complexity index is 524. The number of nitrogens with zero attached hydrogens (tertiary/aromatic N) is 2. The van der Waals surface area contributed by atoms with Gasteiger partial charge in [-0.1, -0.05) is 5.16 Å². The van der Waals surface area contributed by atoms with E-state index in [9.17, 15) is 4.79 Å². The first kappa shape index (κ1) is 15.1. The summed E-state index contributed by atoms with van der Waals surface area (Å²) < 4.78 is 4.52. The van der Waals surface area contributed by atoms with Gasteiger partial charge in [-0.15, -0.1) is 0 Å². The van der Waals surface area contributed by atoms with E-state index >= 15 is 0 Å². The minimum atomic E-state index is -0.411. The molecule has 1 aromatic rings. The zero-order chi connectivity index (χ0) is 14.8. The fraction of sp³-hybridized carbons (Fsp3) is 0.500. The summed E-state index contributed by atoms with van der Waals surface area (Å²) in [6.07, 6.45) is 4.57. The Morgan fingerprint density at radius 2 is 2.25 bits per heavy atom. The van der Waals surface area contributed by atoms with Crippen LogP contribution in [0.4, 0.5) is 0 Å². The van der Waals surface area contributed by atoms with Gasteiger partial charge >= 0.3 is 0 Å². The van der Waals surface area contributed by atoms with Crippen LogP contribution in [0.1, 0.15) is 23.2 Å². The van der Waals surface area contributed by atoms with Crippen molar-refractivity contribution in [3.05, 3.63) is 23.1 Å². The van der Waals surface area contributed by atoms with Gasteiger partial charge in [0.05, 0.1) is 16.6 Å². The van der Waals surface area contributed by atoms with Crippen molar-refractivity contribution >= 4 is 35.1 Å². The number of furan rings is 1. The van der Waals surface area contributed by atoms with E-state index in [2.05, 4.69) is 5.16 Å². The van der Waals surface area contributed by atoms with Crippen molar-refractivity contribution in [3.8, 4) is 0 Å². The molecule has 1 aliphatic heterocycles. The molecule has 110 valence electrons. The Kier molecular flexibility index (Phi) is 4.49. The quantitative estimate of drug-likeness (QED) is 0.385. The lowest BCUT2D eigenvalue weighted by molar-refractivity contribution is 0.0717. The molecule has 0 spiro atoms. The summed E-state index contributed by atoms with van der Waals surface area (Å²) in [5, 5.41) is 12.1. The molecule has 1 fully saturated rings. The van der Waals surface area contributed by atoms with Crippen LogP contribution in [-0.4, -0.2) is 45.9 Å². The van der Waals surface area contributed by atoms with Crippen LogP contribution in [0.5, 0.6) is 0 Å². The van der Waals surface area contributed by atoms with E-state index in [-0.39, 0.29) is 17.0 Å². The number of carbonyl (C=O) groups excluding carboxylic acids is 1. The van der Waals surface area contributed by atoms with Crippen LogP contribution >= 0.6 is 23.4 Å². The van der Waals surface area contributed by atoms with E-state index in [1.54, 1.807) is 22.7 Å². The van der Waals surface area contributed by atoms with E-state index in [1.807, 2.05) is 6.26 Å². The lowest BCUT2D eigenvalue weighted by Crippen LogP contribution is -2.51. The Hall–Kier alpha value is -1.34. The van der Waals surface area contributed by atoms with Gasteiger partial charge in [-0.3, -0.25) is 4.79 Å². The van der Waals surface area contributed by atoms with Gasteiger partial charge in [-0.05, 0) is 36.8 Å². The molecule has 0 aliphatic carbocycles. The van der Waals surface area contributed by atoms with Gasteiger partial charge in [0.15, 0.2) is 5.84 Å². The van der Waals surface area contributed by atoms with Crippen molar-refractivity contribution in [1.29, 1.82) is 0 Å². The molecule has 8 heteroatoms. The fourth-order valence-electron chi connectivity index (χ4n) is 2.34. The zero-order valence-corrected chi connectivity index (χ0v) is 12.6. The number of hydrogen-bond donors (Lipinski definition) is 2. The van der Waals surface area contributed by atoms with Crippen LogP contribution in [0.2, 0.25) is 5.22 Å². The predicted octanol–water partition coefficient (Wildman–Crippen LogP) is 2.02. The molecule has 0 aromatic carbocycles. The van der Waals surface area contributed by atoms with Crippen LogP contribution in [0, 0.1) is 0 Å². The zero-order valence-electron chi connectivity index (χ0n) is 11.0. The van der Waals surface area contributed by atoms with E-state index < -0.39 is 4.75 Å². The molecule has 0 saturated carbocycles. The largest absolute Gasteiger partial charge is 0.452 e. The smallest absolute Gasteiger partial charge is 0.258 e. The maximum Gasteiger partial charge on any atom is 0.258 e. The second-order valence-corrected chi connectivity index (χ2v) is 6.12. The van der Waals surface area contributed by atoms with Gasteiger partial charge in [0.1, 0.15) is 0 Å². The highest BCUT2D eigenvalue weighted by molar-refractivity contribution is 8.00. The third kappa shape index (κ3) is 2.60. The van der Waals surface area contributed by atoms with Gasteiger partial charge in [0, 0.05) is 13.1 Å². The predicted molar refractivity (Wildman–Crippen MR) is 78.5 cm³/mol. The normalized spacial score (nSPS) is 19.1. The Morgan fingerprint density at radius 3 is 2.70 bits per heavy atom. The number of amidine groups is 1. The van der Waals surface area contributed by atoms with Crippen molar-refractivity contribution in [2.45, 2.75) is 17.6 Å². The first-order chi connectivity index (χ1) is 9.54. The molecule has 2 heterocycles. The highest BCUT2D eigenvalue weighted by Gasteiger charge is 2.39. The number of likely N-dealkylation sites (tertiary alicyclic amines) is 1. The molecule has 0 atom stereocenters. The number of halogens is 1. The van der Waals surface area contributed by atoms with Crippen molar-refractivity contribution in [3.63, 3.8) is 0 Å². The second-order valence-electron chi connectivity index (χ2n) is 4.58. The minimum Gasteiger partial charge on any atom is -0.452 e. The summed E-state index contributed by atoms with van der Waals surface area (Å²) in [4.78, 5) is 14.0. The average Bonchev–Trinajstić information content (AvgIpc) is 2.91. The number of hydrogen-bond acceptors (Lipinski definition) is 5. The molecule has 0 bridgehead atoms. The van der Waals surface area contributed by atoms with Gasteiger partial charge in [0.25, 0.3) is 5.91 Å². The Morgan fingerprint density at radius 1 is 1.60 bits per heavy atom. The van der Waals surface area contributed by atoms with Crippen LogP contribution in [0.15, 0.2) is 21.9 Å². The van der Waals surface area contributed by atoms with Crippen LogP contribution in [-0.2, 0) is 0 Å². The van der Waals surface area contributed by atoms with E-state index in [1.165, 1.54) is 6.26 Å². The van der Waals surface area contributed by atoms with Crippen LogP contribution < -0.4 is 5.73 Å². The SMILES string of the molecule is CSC1(/C(N)=N/O)CCN(C(=O)c2ccoc2Cl)CC1. The summed E-state index contributed by atoms with van der Waals surface area (Å²) in [7, 11) is 0. The number of amides is 1. The third-order valence-corrected chi connectivity index (χ3v) is 5.36. The number of carbonyl (C=O) groups is 1. The number of oxime groups is 1. The number of thioether (sulfide) groups is 1. The minimum absolute atomic E-state index is 0.105. The molecular weight excluding hydrogens is 302 g/mol. The molecule has 20 heavy (non-hydrogen) atoms.